The molecule has 21 heteroatoms. The van der Waals surface area contributed by atoms with Gasteiger partial charge in [0.05, 0.1) is 28.3 Å². The Kier molecular flexibility index (Phi) is 17.8. The molecule has 4 aromatic rings. The molecule has 0 bridgehead atoms. The summed E-state index contributed by atoms with van der Waals surface area (Å²) in [6, 6.07) is 25.5. The fraction of sp³-hybridized carbons (Fsp3) is 0.522. The predicted octanol–water partition coefficient (Wildman–Crippen LogP) is 11.9. The number of esters is 1. The minimum Gasteiger partial charge on any atom is -0.460 e. The summed E-state index contributed by atoms with van der Waals surface area (Å²) in [5.74, 6) is -4.26. The smallest absolute Gasteiger partial charge is 0.460 e. The zero-order chi connectivity index (χ0) is 63.6. The maximum absolute atomic E-state index is 18.4. The second-order valence-corrected chi connectivity index (χ2v) is 30.2. The molecule has 10 rings (SSSR count). The number of ether oxygens (including phenoxy) is 4. The van der Waals surface area contributed by atoms with E-state index in [4.69, 9.17) is 32.5 Å². The van der Waals surface area contributed by atoms with Crippen molar-refractivity contribution in [3.63, 3.8) is 0 Å². The molecule has 5 aliphatic carbocycles. The average Bonchev–Trinajstić information content (AvgIpc) is 1.29. The number of phosphoric acid groups is 1. The van der Waals surface area contributed by atoms with Crippen molar-refractivity contribution in [1.82, 2.24) is 10.6 Å². The number of fused-ring (bicyclic) bond motifs is 10. The topological polar surface area (TPSA) is 240 Å². The third-order valence-electron chi connectivity index (χ3n) is 17.9. The Bertz CT molecular complexity index is 3440. The summed E-state index contributed by atoms with van der Waals surface area (Å²) in [7, 11) is -4.43. The van der Waals surface area contributed by atoms with E-state index in [9.17, 15) is 33.6 Å². The van der Waals surface area contributed by atoms with Gasteiger partial charge in [-0.3, -0.25) is 37.5 Å². The molecule has 88 heavy (non-hydrogen) atoms. The van der Waals surface area contributed by atoms with E-state index in [2.05, 4.69) is 16.0 Å². The number of anilines is 1. The number of alkyl halides is 1. The number of carbonyl (C=O) groups excluding carboxylic acids is 6. The van der Waals surface area contributed by atoms with Crippen LogP contribution < -0.4 is 16.0 Å². The Labute approximate surface area is 517 Å². The van der Waals surface area contributed by atoms with E-state index in [1.165, 1.54) is 23.5 Å². The number of aliphatic hydroxyl groups excluding tert-OH is 1. The third-order valence-corrected chi connectivity index (χ3v) is 20.9. The van der Waals surface area contributed by atoms with Crippen molar-refractivity contribution in [1.29, 1.82) is 0 Å². The number of Topliss-reactive ketones (excluding diaryl/α,β-unsaturated/α-hetero) is 1. The average molecular weight is 1250 g/mol. The SMILES string of the molecule is CC(C)(C)OC(=O)CC[C@H](NC(=O)CNC(=O)OCC1c2ccccc2-c2ccccc21)C(=O)Nc1cccc(Cc2ccc([C@@H]3O[C@@H]4C[C@H]5[C@@H]6CCC7=CC(=O)C=C[C@]7(C)[C@@]6(F)[C@@H](O)C[C@]5(C)[C@]4(C(=O)COP(=O)(OC(C)(C)C)OC(C)(C)C)O3)s2)c1. The van der Waals surface area contributed by atoms with Crippen LogP contribution in [0.25, 0.3) is 11.1 Å². The molecule has 4 N–H and O–H groups in total. The second-order valence-electron chi connectivity index (χ2n) is 27.5. The lowest BCUT2D eigenvalue weighted by Crippen LogP contribution is -2.69. The first kappa shape index (κ1) is 64.8. The van der Waals surface area contributed by atoms with Gasteiger partial charge in [0, 0.05) is 46.1 Å². The van der Waals surface area contributed by atoms with Gasteiger partial charge < -0.3 is 40.0 Å². The lowest BCUT2D eigenvalue weighted by molar-refractivity contribution is -0.231. The maximum atomic E-state index is 18.4. The minimum atomic E-state index is -4.43. The Morgan fingerprint density at radius 1 is 0.864 bits per heavy atom. The molecule has 0 spiro atoms. The van der Waals surface area contributed by atoms with Crippen LogP contribution in [0.5, 0.6) is 0 Å². The van der Waals surface area contributed by atoms with Crippen LogP contribution in [-0.2, 0) is 67.5 Å². The summed E-state index contributed by atoms with van der Waals surface area (Å²) in [6.07, 6.45) is 0.693. The second kappa shape index (κ2) is 24.2. The molecule has 2 heterocycles. The summed E-state index contributed by atoms with van der Waals surface area (Å²) in [5, 5.41) is 20.4. The van der Waals surface area contributed by atoms with Crippen LogP contribution in [0.4, 0.5) is 14.9 Å². The molecule has 3 amide bonds. The van der Waals surface area contributed by atoms with Crippen molar-refractivity contribution in [2.24, 2.45) is 22.7 Å². The van der Waals surface area contributed by atoms with Crippen LogP contribution in [-0.4, -0.2) is 107 Å². The van der Waals surface area contributed by atoms with E-state index in [-0.39, 0.29) is 44.0 Å². The zero-order valence-corrected chi connectivity index (χ0v) is 53.5. The summed E-state index contributed by atoms with van der Waals surface area (Å²) >= 11 is 1.37. The number of hydrogen-bond acceptors (Lipinski definition) is 16. The largest absolute Gasteiger partial charge is 0.476 e. The highest BCUT2D eigenvalue weighted by Crippen LogP contribution is 2.73. The number of allylic oxidation sites excluding steroid dienone is 4. The molecule has 472 valence electrons. The molecule has 1 saturated heterocycles. The standard InChI is InChI=1S/C67H81FN3O15PS/c1-61(2,3)83-57(76)28-26-51(71-56(75)36-69-60(78)80-37-48-46-21-14-12-19-44(46)45-20-13-15-22-47(45)48)58(77)70-41-18-16-17-39(31-41)32-43-24-27-52(88-43)59-82-55-34-50-49-25-23-40-33-42(72)29-30-64(40,10)66(49,68)53(73)35-65(50,11)67(55,84-59)54(74)38-81-87(79,85-62(4,5)6)86-63(7,8)9/h12-22,24,27,29-31,33,48-51,53,55,59,73H,23,25-26,28,32,34-38H2,1-11H3,(H,69,78)(H,70,77)(H,71,75)/t49-,50-,51-,53-,55+,59+,64-,65-,66-,67+/m0/s1. The number of ketones is 2. The Morgan fingerprint density at radius 3 is 2.19 bits per heavy atom. The first-order valence-electron chi connectivity index (χ1n) is 30.2. The quantitative estimate of drug-likeness (QED) is 0.0504. The van der Waals surface area contributed by atoms with E-state index >= 15 is 9.18 Å². The molecular formula is C67H81FN3O15PS. The molecule has 18 nitrogen and oxygen atoms in total. The normalized spacial score (nSPS) is 27.6. The fourth-order valence-corrected chi connectivity index (χ4v) is 17.1. The first-order valence-corrected chi connectivity index (χ1v) is 32.4. The van der Waals surface area contributed by atoms with Gasteiger partial charge in [0.25, 0.3) is 0 Å². The van der Waals surface area contributed by atoms with Gasteiger partial charge in [-0.1, -0.05) is 79.2 Å². The van der Waals surface area contributed by atoms with Gasteiger partial charge in [-0.15, -0.1) is 11.3 Å². The van der Waals surface area contributed by atoms with Crippen LogP contribution in [0.3, 0.4) is 0 Å². The third kappa shape index (κ3) is 12.9. The van der Waals surface area contributed by atoms with Gasteiger partial charge in [-0.05, 0) is 171 Å². The van der Waals surface area contributed by atoms with Crippen LogP contribution >= 0.6 is 19.2 Å². The summed E-state index contributed by atoms with van der Waals surface area (Å²) in [5.41, 5.74) is -3.37. The minimum absolute atomic E-state index is 0.0371. The summed E-state index contributed by atoms with van der Waals surface area (Å²) in [4.78, 5) is 82.8. The number of amides is 3. The number of carbonyl (C=O) groups is 6. The predicted molar refractivity (Wildman–Crippen MR) is 328 cm³/mol. The number of aliphatic hydroxyl groups is 1. The van der Waals surface area contributed by atoms with Gasteiger partial charge in [0.1, 0.15) is 31.4 Å². The Hall–Kier alpha value is -6.22. The van der Waals surface area contributed by atoms with E-state index in [0.717, 1.165) is 32.7 Å². The molecule has 4 fully saturated rings. The molecule has 0 radical (unpaired) electrons. The van der Waals surface area contributed by atoms with Gasteiger partial charge >= 0.3 is 19.9 Å². The number of thiophene rings is 1. The molecule has 1 aromatic heterocycles. The van der Waals surface area contributed by atoms with Crippen LogP contribution in [0, 0.1) is 22.7 Å². The highest BCUT2D eigenvalue weighted by atomic mass is 32.1. The fourth-order valence-electron chi connectivity index (χ4n) is 14.3. The van der Waals surface area contributed by atoms with Crippen molar-refractivity contribution >= 4 is 60.3 Å². The molecule has 1 aliphatic heterocycles. The highest BCUT2D eigenvalue weighted by Gasteiger charge is 2.79. The van der Waals surface area contributed by atoms with Gasteiger partial charge in [-0.2, -0.15) is 0 Å². The number of benzene rings is 3. The summed E-state index contributed by atoms with van der Waals surface area (Å²) in [6.45, 7) is 17.6. The molecule has 0 unspecified atom stereocenters. The van der Waals surface area contributed by atoms with E-state index in [1.807, 2.05) is 73.7 Å². The number of rotatable bonds is 19. The number of alkyl carbamates (subject to hydrolysis) is 1. The van der Waals surface area contributed by atoms with E-state index in [1.54, 1.807) is 93.5 Å². The monoisotopic (exact) mass is 1250 g/mol. The van der Waals surface area contributed by atoms with E-state index < -0.39 is 126 Å². The number of hydrogen-bond donors (Lipinski definition) is 4. The Morgan fingerprint density at radius 2 is 1.53 bits per heavy atom. The first-order chi connectivity index (χ1) is 41.2. The number of phosphoric ester groups is 1. The van der Waals surface area contributed by atoms with Crippen LogP contribution in [0.15, 0.2) is 109 Å². The van der Waals surface area contributed by atoms with E-state index in [0.29, 0.717) is 35.4 Å². The number of halogens is 1. The molecule has 3 saturated carbocycles. The Balaban J connectivity index is 0.830. The lowest BCUT2D eigenvalue weighted by atomic mass is 9.44. The van der Waals surface area contributed by atoms with Crippen molar-refractivity contribution in [3.8, 4) is 11.1 Å². The van der Waals surface area contributed by atoms with Gasteiger partial charge in [0.2, 0.25) is 11.8 Å². The molecule has 3 aromatic carbocycles. The van der Waals surface area contributed by atoms with Gasteiger partial charge in [-0.25, -0.2) is 13.8 Å². The molecule has 10 atom stereocenters. The van der Waals surface area contributed by atoms with Crippen LogP contribution in [0.1, 0.15) is 153 Å². The van der Waals surface area contributed by atoms with Gasteiger partial charge in [0.15, 0.2) is 29.1 Å². The van der Waals surface area contributed by atoms with Crippen molar-refractivity contribution in [3.05, 3.63) is 135 Å². The van der Waals surface area contributed by atoms with Crippen molar-refractivity contribution < 1.29 is 75.3 Å². The van der Waals surface area contributed by atoms with Crippen molar-refractivity contribution in [2.45, 2.75) is 180 Å². The molecular weight excluding hydrogens is 1170 g/mol. The maximum Gasteiger partial charge on any atom is 0.476 e. The van der Waals surface area contributed by atoms with Crippen LogP contribution in [0.2, 0.25) is 0 Å². The summed E-state index contributed by atoms with van der Waals surface area (Å²) < 4.78 is 75.5. The molecule has 6 aliphatic rings. The van der Waals surface area contributed by atoms with Crippen molar-refractivity contribution in [2.75, 3.05) is 25.1 Å². The lowest BCUT2D eigenvalue weighted by Gasteiger charge is -2.62. The highest BCUT2D eigenvalue weighted by molar-refractivity contribution is 7.48. The zero-order valence-electron chi connectivity index (χ0n) is 51.8. The number of nitrogens with one attached hydrogen (secondary N) is 3.